The second-order valence-corrected chi connectivity index (χ2v) is 9.56. The van der Waals surface area contributed by atoms with Crippen LogP contribution in [-0.2, 0) is 12.7 Å². The van der Waals surface area contributed by atoms with Gasteiger partial charge in [0.1, 0.15) is 11.5 Å². The average Bonchev–Trinajstić information content (AvgIpc) is 3.41. The van der Waals surface area contributed by atoms with Crippen LogP contribution in [0, 0.1) is 0 Å². The van der Waals surface area contributed by atoms with Crippen LogP contribution < -0.4 is 14.5 Å². The smallest absolute Gasteiger partial charge is 0.416 e. The van der Waals surface area contributed by atoms with Gasteiger partial charge in [-0.3, -0.25) is 10.00 Å². The zero-order chi connectivity index (χ0) is 27.9. The number of aromatic amines is 1. The number of carbonyl (C=O) groups excluding carboxylic acids is 1. The van der Waals surface area contributed by atoms with Gasteiger partial charge in [-0.15, -0.1) is 0 Å². The highest BCUT2D eigenvalue weighted by Gasteiger charge is 2.43. The summed E-state index contributed by atoms with van der Waals surface area (Å²) < 4.78 is 73.8. The lowest BCUT2D eigenvalue weighted by molar-refractivity contribution is -0.138. The summed E-state index contributed by atoms with van der Waals surface area (Å²) in [5, 5.41) is 6.84. The van der Waals surface area contributed by atoms with Gasteiger partial charge in [0, 0.05) is 36.5 Å². The summed E-state index contributed by atoms with van der Waals surface area (Å²) >= 11 is 0. The van der Waals surface area contributed by atoms with Crippen molar-refractivity contribution in [3.63, 3.8) is 0 Å². The number of benzene rings is 1. The number of urea groups is 1. The third kappa shape index (κ3) is 4.85. The number of pyridine rings is 1. The van der Waals surface area contributed by atoms with Gasteiger partial charge in [-0.25, -0.2) is 18.6 Å². The summed E-state index contributed by atoms with van der Waals surface area (Å²) in [6.07, 6.45) is -3.53. The molecular formula is C26H27F5N6O2. The van der Waals surface area contributed by atoms with Gasteiger partial charge in [-0.05, 0) is 37.5 Å². The van der Waals surface area contributed by atoms with E-state index in [4.69, 9.17) is 4.74 Å². The predicted molar refractivity (Wildman–Crippen MR) is 133 cm³/mol. The van der Waals surface area contributed by atoms with Crippen molar-refractivity contribution in [3.8, 4) is 5.88 Å². The molecule has 2 aliphatic rings. The monoisotopic (exact) mass is 550 g/mol. The highest BCUT2D eigenvalue weighted by atomic mass is 19.4. The van der Waals surface area contributed by atoms with Crippen molar-refractivity contribution in [1.29, 1.82) is 0 Å². The minimum absolute atomic E-state index is 0.0357. The molecule has 8 nitrogen and oxygen atoms in total. The number of nitrogens with one attached hydrogen (secondary N) is 1. The molecule has 0 aliphatic carbocycles. The molecule has 2 amide bonds. The molecule has 1 saturated heterocycles. The summed E-state index contributed by atoms with van der Waals surface area (Å²) in [6.45, 7) is 2.27. The molecule has 0 bridgehead atoms. The van der Waals surface area contributed by atoms with Crippen LogP contribution in [0.5, 0.6) is 5.88 Å². The summed E-state index contributed by atoms with van der Waals surface area (Å²) in [4.78, 5) is 22.7. The van der Waals surface area contributed by atoms with E-state index in [2.05, 4.69) is 15.2 Å². The minimum Gasteiger partial charge on any atom is -0.480 e. The highest BCUT2D eigenvalue weighted by Crippen LogP contribution is 2.42. The van der Waals surface area contributed by atoms with Crippen LogP contribution in [0.2, 0.25) is 0 Å². The zero-order valence-electron chi connectivity index (χ0n) is 21.3. The first-order valence-electron chi connectivity index (χ1n) is 12.5. The van der Waals surface area contributed by atoms with E-state index >= 15 is 0 Å². The number of fused-ring (bicyclic) bond motifs is 1. The molecule has 2 aliphatic heterocycles. The quantitative estimate of drug-likeness (QED) is 0.385. The molecule has 0 saturated carbocycles. The molecule has 4 heterocycles. The van der Waals surface area contributed by atoms with Gasteiger partial charge in [0.05, 0.1) is 31.5 Å². The number of hydrogen-bond donors (Lipinski definition) is 1. The van der Waals surface area contributed by atoms with Crippen molar-refractivity contribution in [2.75, 3.05) is 30.0 Å². The van der Waals surface area contributed by atoms with E-state index in [9.17, 15) is 26.7 Å². The molecule has 1 N–H and O–H groups in total. The Morgan fingerprint density at radius 2 is 1.87 bits per heavy atom. The van der Waals surface area contributed by atoms with Gasteiger partial charge < -0.3 is 14.5 Å². The van der Waals surface area contributed by atoms with Crippen molar-refractivity contribution >= 4 is 17.5 Å². The maximum atomic E-state index is 13.8. The fourth-order valence-corrected chi connectivity index (χ4v) is 5.55. The van der Waals surface area contributed by atoms with Crippen LogP contribution in [0.3, 0.4) is 0 Å². The standard InChI is InChI=1S/C26H27F5N6O2/c1-15-19-13-33-34-23(19)36(14-16-5-3-4-6-20(16)26(29,30)31)25(38)37(15)17-8-11-35(12-9-17)21-18(22(27)28)7-10-32-24(21)39-2/h3-7,10,13,15,17,22H,8-9,11-12,14H2,1-2H3,(H,33,34)/t15-/m0/s1. The predicted octanol–water partition coefficient (Wildman–Crippen LogP) is 5.94. The number of H-pyrrole nitrogens is 1. The van der Waals surface area contributed by atoms with Gasteiger partial charge in [-0.1, -0.05) is 18.2 Å². The first-order valence-corrected chi connectivity index (χ1v) is 12.5. The molecule has 3 aromatic rings. The molecular weight excluding hydrogens is 523 g/mol. The number of ether oxygens (including phenoxy) is 1. The number of anilines is 2. The Balaban J connectivity index is 1.40. The van der Waals surface area contributed by atoms with E-state index in [0.717, 1.165) is 6.07 Å². The number of halogens is 5. The Bertz CT molecular complexity index is 1340. The third-order valence-corrected chi connectivity index (χ3v) is 7.41. The fourth-order valence-electron chi connectivity index (χ4n) is 5.55. The summed E-state index contributed by atoms with van der Waals surface area (Å²) in [7, 11) is 1.37. The normalized spacial score (nSPS) is 18.6. The SMILES string of the molecule is COc1nccc(C(F)F)c1N1CCC(N2C(=O)N(Cc3ccccc3C(F)(F)F)c3[nH]ncc3[C@@H]2C)CC1. The van der Waals surface area contributed by atoms with Crippen LogP contribution in [0.15, 0.2) is 42.7 Å². The molecule has 0 spiro atoms. The van der Waals surface area contributed by atoms with Crippen LogP contribution in [0.1, 0.15) is 54.5 Å². The molecule has 1 aromatic carbocycles. The Labute approximate surface area is 221 Å². The second-order valence-electron chi connectivity index (χ2n) is 9.56. The van der Waals surface area contributed by atoms with E-state index < -0.39 is 24.2 Å². The maximum Gasteiger partial charge on any atom is 0.416 e. The Kier molecular flexibility index (Phi) is 7.08. The number of methoxy groups -OCH3 is 1. The van der Waals surface area contributed by atoms with Gasteiger partial charge in [-0.2, -0.15) is 18.3 Å². The fraction of sp³-hybridized carbons (Fsp3) is 0.423. The van der Waals surface area contributed by atoms with Crippen molar-refractivity contribution < 1.29 is 31.5 Å². The Morgan fingerprint density at radius 3 is 2.54 bits per heavy atom. The Hall–Kier alpha value is -3.90. The van der Waals surface area contributed by atoms with E-state index in [1.165, 1.54) is 42.5 Å². The summed E-state index contributed by atoms with van der Waals surface area (Å²) in [5.74, 6) is 0.464. The van der Waals surface area contributed by atoms with Gasteiger partial charge in [0.25, 0.3) is 6.43 Å². The lowest BCUT2D eigenvalue weighted by Crippen LogP contribution is -2.55. The summed E-state index contributed by atoms with van der Waals surface area (Å²) in [6, 6.07) is 5.33. The van der Waals surface area contributed by atoms with E-state index in [1.807, 2.05) is 6.92 Å². The van der Waals surface area contributed by atoms with Crippen molar-refractivity contribution in [3.05, 3.63) is 65.0 Å². The Morgan fingerprint density at radius 1 is 1.15 bits per heavy atom. The van der Waals surface area contributed by atoms with E-state index in [-0.39, 0.29) is 41.3 Å². The van der Waals surface area contributed by atoms with Crippen LogP contribution >= 0.6 is 0 Å². The average molecular weight is 551 g/mol. The largest absolute Gasteiger partial charge is 0.480 e. The number of rotatable bonds is 6. The first kappa shape index (κ1) is 26.7. The molecule has 5 rings (SSSR count). The van der Waals surface area contributed by atoms with Crippen LogP contribution in [0.25, 0.3) is 0 Å². The number of aromatic nitrogens is 3. The number of carbonyl (C=O) groups is 1. The zero-order valence-corrected chi connectivity index (χ0v) is 21.3. The van der Waals surface area contributed by atoms with Gasteiger partial charge in [0.2, 0.25) is 5.88 Å². The molecule has 1 atom stereocenters. The number of piperidine rings is 1. The first-order chi connectivity index (χ1) is 18.6. The van der Waals surface area contributed by atoms with Gasteiger partial charge >= 0.3 is 12.2 Å². The van der Waals surface area contributed by atoms with Gasteiger partial charge in [0.15, 0.2) is 0 Å². The van der Waals surface area contributed by atoms with Crippen molar-refractivity contribution in [1.82, 2.24) is 20.1 Å². The van der Waals surface area contributed by atoms with E-state index in [1.54, 1.807) is 16.0 Å². The molecule has 39 heavy (non-hydrogen) atoms. The molecule has 13 heteroatoms. The molecule has 1 fully saturated rings. The van der Waals surface area contributed by atoms with Crippen molar-refractivity contribution in [2.24, 2.45) is 0 Å². The maximum absolute atomic E-state index is 13.8. The van der Waals surface area contributed by atoms with E-state index in [0.29, 0.717) is 37.3 Å². The lowest BCUT2D eigenvalue weighted by atomic mass is 9.97. The van der Waals surface area contributed by atoms with Crippen LogP contribution in [-0.4, -0.2) is 52.4 Å². The molecule has 0 radical (unpaired) electrons. The minimum atomic E-state index is -4.57. The van der Waals surface area contributed by atoms with Crippen molar-refractivity contribution in [2.45, 2.75) is 51.0 Å². The molecule has 208 valence electrons. The van der Waals surface area contributed by atoms with Crippen LogP contribution in [0.4, 0.5) is 38.3 Å². The number of amides is 2. The molecule has 2 aromatic heterocycles. The highest BCUT2D eigenvalue weighted by molar-refractivity contribution is 5.94. The number of hydrogen-bond acceptors (Lipinski definition) is 5. The third-order valence-electron chi connectivity index (χ3n) is 7.41. The number of nitrogens with zero attached hydrogens (tertiary/aromatic N) is 5. The molecule has 0 unspecified atom stereocenters. The lowest BCUT2D eigenvalue weighted by Gasteiger charge is -2.46. The summed E-state index contributed by atoms with van der Waals surface area (Å²) in [5.41, 5.74) is -0.103. The topological polar surface area (TPSA) is 77.6 Å². The second kappa shape index (κ2) is 10.3. The number of alkyl halides is 5.